The number of hydrogen-bond donors (Lipinski definition) is 0. The second kappa shape index (κ2) is 8.15. The average Bonchev–Trinajstić information content (AvgIpc) is 2.53. The summed E-state index contributed by atoms with van der Waals surface area (Å²) in [5.74, 6) is 0.531. The Hall–Kier alpha value is -2.07. The lowest BCUT2D eigenvalue weighted by molar-refractivity contribution is 0.0525. The lowest BCUT2D eigenvalue weighted by Gasteiger charge is -2.15. The van der Waals surface area contributed by atoms with Crippen molar-refractivity contribution < 1.29 is 14.3 Å². The summed E-state index contributed by atoms with van der Waals surface area (Å²) in [6.45, 7) is 9.76. The molecule has 0 saturated heterocycles. The van der Waals surface area contributed by atoms with Crippen LogP contribution in [0.25, 0.3) is 0 Å². The van der Waals surface area contributed by atoms with Crippen LogP contribution in [0, 0.1) is 6.92 Å². The molecule has 24 heavy (non-hydrogen) atoms. The third-order valence-corrected chi connectivity index (χ3v) is 5.44. The number of carbonyl (C=O) groups excluding carboxylic acids is 1. The molecule has 0 bridgehead atoms. The van der Waals surface area contributed by atoms with Crippen molar-refractivity contribution in [3.63, 3.8) is 0 Å². The van der Waals surface area contributed by atoms with Crippen molar-refractivity contribution in [2.45, 2.75) is 39.2 Å². The van der Waals surface area contributed by atoms with E-state index in [9.17, 15) is 4.79 Å². The maximum Gasteiger partial charge on any atom is 0.338 e. The minimum atomic E-state index is -1.19. The van der Waals surface area contributed by atoms with Crippen LogP contribution < -0.4 is 4.74 Å². The third kappa shape index (κ3) is 5.85. The van der Waals surface area contributed by atoms with Crippen molar-refractivity contribution >= 4 is 14.0 Å². The van der Waals surface area contributed by atoms with Gasteiger partial charge in [-0.2, -0.15) is 0 Å². The summed E-state index contributed by atoms with van der Waals surface area (Å²) >= 11 is 0. The summed E-state index contributed by atoms with van der Waals surface area (Å²) in [4.78, 5) is 12.1. The molecule has 2 aromatic rings. The van der Waals surface area contributed by atoms with Gasteiger partial charge < -0.3 is 9.47 Å². The van der Waals surface area contributed by atoms with Crippen molar-refractivity contribution in [3.8, 4) is 5.75 Å². The second-order valence-corrected chi connectivity index (χ2v) is 12.8. The fourth-order valence-electron chi connectivity index (χ4n) is 2.21. The number of hydrogen-bond acceptors (Lipinski definition) is 3. The zero-order chi connectivity index (χ0) is 17.6. The van der Waals surface area contributed by atoms with E-state index in [4.69, 9.17) is 9.47 Å². The van der Waals surface area contributed by atoms with E-state index in [1.807, 2.05) is 49.4 Å². The average molecular weight is 343 g/mol. The molecule has 0 N–H and O–H groups in total. The molecule has 0 aromatic heterocycles. The molecule has 3 nitrogen and oxygen atoms in total. The van der Waals surface area contributed by atoms with Crippen molar-refractivity contribution in [2.24, 2.45) is 0 Å². The van der Waals surface area contributed by atoms with Crippen LogP contribution in [-0.2, 0) is 11.3 Å². The predicted molar refractivity (Wildman–Crippen MR) is 100 cm³/mol. The first-order chi connectivity index (χ1) is 11.3. The van der Waals surface area contributed by atoms with Gasteiger partial charge in [0.2, 0.25) is 0 Å². The first-order valence-corrected chi connectivity index (χ1v) is 12.0. The minimum absolute atomic E-state index is 0.258. The van der Waals surface area contributed by atoms with Crippen LogP contribution in [0.2, 0.25) is 25.7 Å². The molecule has 0 spiro atoms. The van der Waals surface area contributed by atoms with E-state index in [0.29, 0.717) is 18.8 Å². The summed E-state index contributed by atoms with van der Waals surface area (Å²) < 4.78 is 11.2. The molecule has 0 aliphatic heterocycles. The highest BCUT2D eigenvalue weighted by atomic mass is 28.3. The normalized spacial score (nSPS) is 11.2. The van der Waals surface area contributed by atoms with Crippen LogP contribution >= 0.6 is 0 Å². The van der Waals surface area contributed by atoms with Gasteiger partial charge in [-0.1, -0.05) is 50.0 Å². The van der Waals surface area contributed by atoms with Gasteiger partial charge in [-0.05, 0) is 42.3 Å². The maximum atomic E-state index is 12.1. The van der Waals surface area contributed by atoms with Crippen LogP contribution in [0.5, 0.6) is 5.75 Å². The standard InChI is InChI=1S/C20H26O3Si/c1-16-14-18(20(21)22-12-13-24(2,3)4)10-11-19(16)23-15-17-8-6-5-7-9-17/h5-11,14H,12-13,15H2,1-4H3. The number of carbonyl (C=O) groups is 1. The molecule has 4 heteroatoms. The Kier molecular flexibility index (Phi) is 6.21. The molecular formula is C20H26O3Si. The predicted octanol–water partition coefficient (Wildman–Crippen LogP) is 5.07. The topological polar surface area (TPSA) is 35.5 Å². The Morgan fingerprint density at radius 1 is 1.04 bits per heavy atom. The first kappa shape index (κ1) is 18.3. The number of benzene rings is 2. The largest absolute Gasteiger partial charge is 0.489 e. The van der Waals surface area contributed by atoms with Crippen molar-refractivity contribution in [1.29, 1.82) is 0 Å². The van der Waals surface area contributed by atoms with Gasteiger partial charge in [0.1, 0.15) is 12.4 Å². The quantitative estimate of drug-likeness (QED) is 0.520. The third-order valence-electron chi connectivity index (χ3n) is 3.73. The minimum Gasteiger partial charge on any atom is -0.489 e. The molecule has 0 aliphatic carbocycles. The van der Waals surface area contributed by atoms with Gasteiger partial charge in [0, 0.05) is 8.07 Å². The highest BCUT2D eigenvalue weighted by molar-refractivity contribution is 6.76. The van der Waals surface area contributed by atoms with E-state index in [0.717, 1.165) is 22.9 Å². The molecule has 0 aliphatic rings. The number of rotatable bonds is 7. The van der Waals surface area contributed by atoms with E-state index in [1.54, 1.807) is 6.07 Å². The van der Waals surface area contributed by atoms with Crippen LogP contribution in [0.1, 0.15) is 21.5 Å². The summed E-state index contributed by atoms with van der Waals surface area (Å²) in [7, 11) is -1.19. The Bertz CT molecular complexity index is 675. The zero-order valence-electron chi connectivity index (χ0n) is 15.0. The first-order valence-electron chi connectivity index (χ1n) is 8.30. The summed E-state index contributed by atoms with van der Waals surface area (Å²) in [5.41, 5.74) is 2.63. The molecule has 128 valence electrons. The molecule has 2 aromatic carbocycles. The van der Waals surface area contributed by atoms with Crippen molar-refractivity contribution in [1.82, 2.24) is 0 Å². The maximum absolute atomic E-state index is 12.1. The van der Waals surface area contributed by atoms with Gasteiger partial charge in [-0.3, -0.25) is 0 Å². The van der Waals surface area contributed by atoms with Crippen molar-refractivity contribution in [2.75, 3.05) is 6.61 Å². The molecule has 0 saturated carbocycles. The summed E-state index contributed by atoms with van der Waals surface area (Å²) in [6, 6.07) is 16.4. The number of ether oxygens (including phenoxy) is 2. The number of aryl methyl sites for hydroxylation is 1. The van der Waals surface area contributed by atoms with Crippen LogP contribution in [0.15, 0.2) is 48.5 Å². The van der Waals surface area contributed by atoms with E-state index >= 15 is 0 Å². The van der Waals surface area contributed by atoms with Crippen LogP contribution in [0.4, 0.5) is 0 Å². The fraction of sp³-hybridized carbons (Fsp3) is 0.350. The number of esters is 1. The molecule has 2 rings (SSSR count). The van der Waals surface area contributed by atoms with Crippen molar-refractivity contribution in [3.05, 3.63) is 65.2 Å². The fourth-order valence-corrected chi connectivity index (χ4v) is 2.92. The van der Waals surface area contributed by atoms with E-state index in [1.165, 1.54) is 0 Å². The molecule has 0 amide bonds. The Labute approximate surface area is 145 Å². The van der Waals surface area contributed by atoms with Gasteiger partial charge in [0.15, 0.2) is 0 Å². The van der Waals surface area contributed by atoms with Gasteiger partial charge in [-0.15, -0.1) is 0 Å². The lowest BCUT2D eigenvalue weighted by Crippen LogP contribution is -2.22. The summed E-state index contributed by atoms with van der Waals surface area (Å²) in [5, 5.41) is 0. The van der Waals surface area contributed by atoms with E-state index < -0.39 is 8.07 Å². The highest BCUT2D eigenvalue weighted by Crippen LogP contribution is 2.21. The highest BCUT2D eigenvalue weighted by Gasteiger charge is 2.15. The van der Waals surface area contributed by atoms with Crippen LogP contribution in [0.3, 0.4) is 0 Å². The summed E-state index contributed by atoms with van der Waals surface area (Å²) in [6.07, 6.45) is 0. The molecular weight excluding hydrogens is 316 g/mol. The Morgan fingerprint density at radius 3 is 2.38 bits per heavy atom. The Morgan fingerprint density at radius 2 is 1.75 bits per heavy atom. The van der Waals surface area contributed by atoms with E-state index in [-0.39, 0.29) is 5.97 Å². The van der Waals surface area contributed by atoms with Gasteiger partial charge >= 0.3 is 5.97 Å². The van der Waals surface area contributed by atoms with Crippen LogP contribution in [-0.4, -0.2) is 20.7 Å². The molecule has 0 unspecified atom stereocenters. The monoisotopic (exact) mass is 342 g/mol. The molecule has 0 radical (unpaired) electrons. The Balaban J connectivity index is 1.92. The lowest BCUT2D eigenvalue weighted by atomic mass is 10.1. The second-order valence-electron chi connectivity index (χ2n) is 7.20. The molecule has 0 fully saturated rings. The zero-order valence-corrected chi connectivity index (χ0v) is 16.0. The van der Waals surface area contributed by atoms with Gasteiger partial charge in [0.25, 0.3) is 0 Å². The SMILES string of the molecule is Cc1cc(C(=O)OCC[Si](C)(C)C)ccc1OCc1ccccc1. The van der Waals surface area contributed by atoms with Gasteiger partial charge in [0.05, 0.1) is 12.2 Å². The molecule has 0 atom stereocenters. The van der Waals surface area contributed by atoms with Gasteiger partial charge in [-0.25, -0.2) is 4.79 Å². The molecule has 0 heterocycles. The van der Waals surface area contributed by atoms with E-state index in [2.05, 4.69) is 19.6 Å². The smallest absolute Gasteiger partial charge is 0.338 e.